The molecule has 0 saturated carbocycles. The molecule has 1 aliphatic rings. The third-order valence-corrected chi connectivity index (χ3v) is 4.24. The molecule has 0 radical (unpaired) electrons. The molecule has 108 valence electrons. The normalized spacial score (nSPS) is 16.8. The van der Waals surface area contributed by atoms with Gasteiger partial charge in [-0.3, -0.25) is 9.69 Å². The van der Waals surface area contributed by atoms with E-state index in [0.717, 1.165) is 32.7 Å². The number of carbonyl (C=O) groups is 1. The highest BCUT2D eigenvalue weighted by Crippen LogP contribution is 2.21. The maximum absolute atomic E-state index is 12.0. The minimum absolute atomic E-state index is 0.0344. The third-order valence-electron chi connectivity index (χ3n) is 3.41. The fourth-order valence-electron chi connectivity index (χ4n) is 2.35. The first-order valence-electron chi connectivity index (χ1n) is 6.95. The van der Waals surface area contributed by atoms with Gasteiger partial charge in [0.1, 0.15) is 11.1 Å². The van der Waals surface area contributed by atoms with Gasteiger partial charge in [-0.25, -0.2) is 0 Å². The van der Waals surface area contributed by atoms with Crippen LogP contribution in [0.3, 0.4) is 0 Å². The molecule has 1 N–H and O–H groups in total. The van der Waals surface area contributed by atoms with Crippen molar-refractivity contribution in [2.45, 2.75) is 13.3 Å². The van der Waals surface area contributed by atoms with Gasteiger partial charge in [0, 0.05) is 26.2 Å². The summed E-state index contributed by atoms with van der Waals surface area (Å²) in [5.41, 5.74) is 0.538. The molecule has 1 aliphatic heterocycles. The average Bonchev–Trinajstić information content (AvgIpc) is 2.88. The SMILES string of the molecule is CCCN1CCN(CC(=O)Nc2sccc2C#N)CC1. The van der Waals surface area contributed by atoms with E-state index < -0.39 is 0 Å². The van der Waals surface area contributed by atoms with Gasteiger partial charge < -0.3 is 10.2 Å². The number of amides is 1. The predicted octanol–water partition coefficient (Wildman–Crippen LogP) is 1.59. The maximum Gasteiger partial charge on any atom is 0.239 e. The van der Waals surface area contributed by atoms with Crippen molar-refractivity contribution in [1.29, 1.82) is 5.26 Å². The summed E-state index contributed by atoms with van der Waals surface area (Å²) >= 11 is 1.39. The van der Waals surface area contributed by atoms with Gasteiger partial charge in [0.15, 0.2) is 0 Å². The molecule has 0 unspecified atom stereocenters. The summed E-state index contributed by atoms with van der Waals surface area (Å²) in [6.45, 7) is 7.66. The van der Waals surface area contributed by atoms with Gasteiger partial charge in [0.25, 0.3) is 0 Å². The van der Waals surface area contributed by atoms with E-state index in [2.05, 4.69) is 28.1 Å². The zero-order chi connectivity index (χ0) is 14.4. The monoisotopic (exact) mass is 292 g/mol. The molecular weight excluding hydrogens is 272 g/mol. The lowest BCUT2D eigenvalue weighted by Gasteiger charge is -2.34. The summed E-state index contributed by atoms with van der Waals surface area (Å²) < 4.78 is 0. The Kier molecular flexibility index (Phi) is 5.53. The number of rotatable bonds is 5. The Morgan fingerprint density at radius 2 is 2.10 bits per heavy atom. The Morgan fingerprint density at radius 1 is 1.40 bits per heavy atom. The van der Waals surface area contributed by atoms with Crippen LogP contribution in [0.25, 0.3) is 0 Å². The van der Waals surface area contributed by atoms with Crippen LogP contribution in [-0.4, -0.2) is 55.0 Å². The maximum atomic E-state index is 12.0. The number of hydrogen-bond donors (Lipinski definition) is 1. The number of piperazine rings is 1. The Balaban J connectivity index is 1.77. The Labute approximate surface area is 123 Å². The minimum Gasteiger partial charge on any atom is -0.315 e. The summed E-state index contributed by atoms with van der Waals surface area (Å²) in [7, 11) is 0. The fourth-order valence-corrected chi connectivity index (χ4v) is 3.10. The van der Waals surface area contributed by atoms with Gasteiger partial charge in [-0.05, 0) is 24.4 Å². The number of anilines is 1. The summed E-state index contributed by atoms with van der Waals surface area (Å²) in [6.07, 6.45) is 1.18. The molecule has 0 aliphatic carbocycles. The number of hydrogen-bond acceptors (Lipinski definition) is 5. The quantitative estimate of drug-likeness (QED) is 0.895. The van der Waals surface area contributed by atoms with Crippen molar-refractivity contribution >= 4 is 22.2 Å². The Bertz CT molecular complexity index is 486. The van der Waals surface area contributed by atoms with Crippen LogP contribution < -0.4 is 5.32 Å². The molecule has 0 spiro atoms. The van der Waals surface area contributed by atoms with E-state index >= 15 is 0 Å². The fraction of sp³-hybridized carbons (Fsp3) is 0.571. The van der Waals surface area contributed by atoms with Crippen LogP contribution in [0.15, 0.2) is 11.4 Å². The molecule has 1 saturated heterocycles. The van der Waals surface area contributed by atoms with Crippen molar-refractivity contribution in [2.75, 3.05) is 44.6 Å². The van der Waals surface area contributed by atoms with Gasteiger partial charge >= 0.3 is 0 Å². The molecule has 5 nitrogen and oxygen atoms in total. The van der Waals surface area contributed by atoms with Crippen molar-refractivity contribution in [3.8, 4) is 6.07 Å². The highest BCUT2D eigenvalue weighted by atomic mass is 32.1. The van der Waals surface area contributed by atoms with Crippen LogP contribution in [0.4, 0.5) is 5.00 Å². The predicted molar refractivity (Wildman–Crippen MR) is 80.8 cm³/mol. The topological polar surface area (TPSA) is 59.4 Å². The van der Waals surface area contributed by atoms with Gasteiger partial charge in [-0.15, -0.1) is 11.3 Å². The van der Waals surface area contributed by atoms with E-state index in [9.17, 15) is 4.79 Å². The van der Waals surface area contributed by atoms with Crippen molar-refractivity contribution in [3.05, 3.63) is 17.0 Å². The highest BCUT2D eigenvalue weighted by molar-refractivity contribution is 7.14. The third kappa shape index (κ3) is 4.04. The standard InChI is InChI=1S/C14H20N4OS/c1-2-4-17-5-7-18(8-6-17)11-13(19)16-14-12(10-15)3-9-20-14/h3,9H,2,4-8,11H2,1H3,(H,16,19). The van der Waals surface area contributed by atoms with Gasteiger partial charge in [-0.1, -0.05) is 6.92 Å². The number of thiophene rings is 1. The number of nitrogens with zero attached hydrogens (tertiary/aromatic N) is 3. The molecule has 1 fully saturated rings. The van der Waals surface area contributed by atoms with Gasteiger partial charge in [0.05, 0.1) is 12.1 Å². The lowest BCUT2D eigenvalue weighted by molar-refractivity contribution is -0.117. The summed E-state index contributed by atoms with van der Waals surface area (Å²) in [6, 6.07) is 3.81. The van der Waals surface area contributed by atoms with Crippen LogP contribution in [0.1, 0.15) is 18.9 Å². The van der Waals surface area contributed by atoms with Gasteiger partial charge in [-0.2, -0.15) is 5.26 Å². The molecule has 1 aromatic heterocycles. The zero-order valence-electron chi connectivity index (χ0n) is 11.8. The van der Waals surface area contributed by atoms with Crippen LogP contribution in [-0.2, 0) is 4.79 Å². The molecule has 0 aromatic carbocycles. The summed E-state index contributed by atoms with van der Waals surface area (Å²) in [5.74, 6) is -0.0344. The summed E-state index contributed by atoms with van der Waals surface area (Å²) in [5, 5.41) is 14.2. The van der Waals surface area contributed by atoms with E-state index in [4.69, 9.17) is 5.26 Å². The molecule has 1 aromatic rings. The molecule has 0 atom stereocenters. The van der Waals surface area contributed by atoms with E-state index in [1.807, 2.05) is 5.38 Å². The summed E-state index contributed by atoms with van der Waals surface area (Å²) in [4.78, 5) is 16.6. The largest absolute Gasteiger partial charge is 0.315 e. The first-order valence-corrected chi connectivity index (χ1v) is 7.83. The van der Waals surface area contributed by atoms with E-state index in [-0.39, 0.29) is 5.91 Å². The first kappa shape index (κ1) is 15.0. The lowest BCUT2D eigenvalue weighted by Crippen LogP contribution is -2.48. The van der Waals surface area contributed by atoms with Crippen LogP contribution in [0.2, 0.25) is 0 Å². The molecular formula is C14H20N4OS. The molecule has 1 amide bonds. The molecule has 6 heteroatoms. The lowest BCUT2D eigenvalue weighted by atomic mass is 10.3. The average molecular weight is 292 g/mol. The van der Waals surface area contributed by atoms with E-state index in [1.54, 1.807) is 6.07 Å². The highest BCUT2D eigenvalue weighted by Gasteiger charge is 2.18. The second-order valence-electron chi connectivity index (χ2n) is 4.94. The Hall–Kier alpha value is -1.42. The van der Waals surface area contributed by atoms with E-state index in [0.29, 0.717) is 17.1 Å². The van der Waals surface area contributed by atoms with Crippen molar-refractivity contribution in [3.63, 3.8) is 0 Å². The molecule has 20 heavy (non-hydrogen) atoms. The van der Waals surface area contributed by atoms with Crippen molar-refractivity contribution in [1.82, 2.24) is 9.80 Å². The first-order chi connectivity index (χ1) is 9.72. The molecule has 2 rings (SSSR count). The number of nitriles is 1. The second kappa shape index (κ2) is 7.39. The Morgan fingerprint density at radius 3 is 2.75 bits per heavy atom. The second-order valence-corrected chi connectivity index (χ2v) is 5.86. The molecule has 2 heterocycles. The minimum atomic E-state index is -0.0344. The van der Waals surface area contributed by atoms with Gasteiger partial charge in [0.2, 0.25) is 5.91 Å². The smallest absolute Gasteiger partial charge is 0.239 e. The number of carbonyl (C=O) groups excluding carboxylic acids is 1. The van der Waals surface area contributed by atoms with Crippen LogP contribution in [0, 0.1) is 11.3 Å². The van der Waals surface area contributed by atoms with Crippen LogP contribution >= 0.6 is 11.3 Å². The van der Waals surface area contributed by atoms with E-state index in [1.165, 1.54) is 17.8 Å². The zero-order valence-corrected chi connectivity index (χ0v) is 12.6. The van der Waals surface area contributed by atoms with Crippen molar-refractivity contribution in [2.24, 2.45) is 0 Å². The van der Waals surface area contributed by atoms with Crippen molar-refractivity contribution < 1.29 is 4.79 Å². The molecule has 0 bridgehead atoms. The number of nitrogens with one attached hydrogen (secondary N) is 1. The van der Waals surface area contributed by atoms with Crippen LogP contribution in [0.5, 0.6) is 0 Å².